The third-order valence-electron chi connectivity index (χ3n) is 8.71. The van der Waals surface area contributed by atoms with Gasteiger partial charge in [-0.3, -0.25) is 9.59 Å². The summed E-state index contributed by atoms with van der Waals surface area (Å²) < 4.78 is 8.28. The number of anilines is 1. The molecule has 0 spiro atoms. The third kappa shape index (κ3) is 7.67. The molecular formula is C35H45N5O5. The Morgan fingerprint density at radius 2 is 1.58 bits per heavy atom. The van der Waals surface area contributed by atoms with Gasteiger partial charge < -0.3 is 30.0 Å². The van der Waals surface area contributed by atoms with E-state index in [1.54, 1.807) is 23.4 Å². The Bertz CT molecular complexity index is 1520. The SMILES string of the molecule is Cc1c[n+]([O-])cc(C)c1-c1ccc(NC(=O)[C@@H](NC(=O)c2ccc3n2CCN(C(=O)OC(C)(C)C)C3)C2CCCCCC2)cc1. The van der Waals surface area contributed by atoms with Crippen LogP contribution in [0.3, 0.4) is 0 Å². The fourth-order valence-electron chi connectivity index (χ4n) is 6.60. The molecular weight excluding hydrogens is 570 g/mol. The van der Waals surface area contributed by atoms with Crippen molar-refractivity contribution in [3.63, 3.8) is 0 Å². The van der Waals surface area contributed by atoms with Crippen molar-refractivity contribution in [2.75, 3.05) is 11.9 Å². The largest absolute Gasteiger partial charge is 0.619 e. The quantitative estimate of drug-likeness (QED) is 0.204. The van der Waals surface area contributed by atoms with Gasteiger partial charge in [0.15, 0.2) is 12.4 Å². The Morgan fingerprint density at radius 3 is 2.20 bits per heavy atom. The van der Waals surface area contributed by atoms with Crippen LogP contribution in [0.1, 0.15) is 86.6 Å². The van der Waals surface area contributed by atoms with Crippen LogP contribution in [0.25, 0.3) is 11.1 Å². The third-order valence-corrected chi connectivity index (χ3v) is 8.71. The number of ether oxygens (including phenoxy) is 1. The second kappa shape index (κ2) is 13.3. The maximum Gasteiger partial charge on any atom is 0.410 e. The van der Waals surface area contributed by atoms with E-state index in [4.69, 9.17) is 4.74 Å². The Kier molecular flexibility index (Phi) is 9.51. The van der Waals surface area contributed by atoms with Gasteiger partial charge in [0, 0.05) is 35.6 Å². The molecule has 0 radical (unpaired) electrons. The molecule has 3 amide bonds. The number of hydrogen-bond acceptors (Lipinski definition) is 5. The molecule has 10 nitrogen and oxygen atoms in total. The average molecular weight is 616 g/mol. The van der Waals surface area contributed by atoms with Crippen molar-refractivity contribution in [2.45, 2.75) is 97.9 Å². The molecule has 2 aliphatic rings. The number of pyridine rings is 1. The zero-order valence-corrected chi connectivity index (χ0v) is 27.0. The lowest BCUT2D eigenvalue weighted by Gasteiger charge is -2.32. The lowest BCUT2D eigenvalue weighted by molar-refractivity contribution is -0.606. The van der Waals surface area contributed by atoms with E-state index in [0.717, 1.165) is 71.2 Å². The summed E-state index contributed by atoms with van der Waals surface area (Å²) in [5, 5.41) is 18.0. The van der Waals surface area contributed by atoms with Gasteiger partial charge in [0.1, 0.15) is 17.3 Å². The molecule has 1 saturated carbocycles. The summed E-state index contributed by atoms with van der Waals surface area (Å²) in [5.41, 5.74) is 5.10. The molecule has 0 saturated heterocycles. The first kappa shape index (κ1) is 32.1. The van der Waals surface area contributed by atoms with E-state index in [2.05, 4.69) is 10.6 Å². The maximum atomic E-state index is 13.8. The molecule has 240 valence electrons. The van der Waals surface area contributed by atoms with Gasteiger partial charge >= 0.3 is 6.09 Å². The minimum atomic E-state index is -0.686. The lowest BCUT2D eigenvalue weighted by Crippen LogP contribution is -2.49. The fraction of sp³-hybridized carbons (Fsp3) is 0.486. The lowest BCUT2D eigenvalue weighted by atomic mass is 9.91. The van der Waals surface area contributed by atoms with Crippen molar-refractivity contribution in [1.82, 2.24) is 14.8 Å². The summed E-state index contributed by atoms with van der Waals surface area (Å²) in [6, 6.07) is 10.5. The van der Waals surface area contributed by atoms with Crippen molar-refractivity contribution in [2.24, 2.45) is 5.92 Å². The molecule has 10 heteroatoms. The standard InChI is InChI=1S/C35H45N5O5/c1-23-20-39(44)21-24(2)30(23)25-12-14-27(15-13-25)36-33(42)31(26-10-8-6-7-9-11-26)37-32(41)29-17-16-28-22-38(18-19-40(28)29)34(43)45-35(3,4)5/h12-17,20-21,26,31H,6-11,18-19,22H2,1-5H3,(H,36,42)(H,37,41)/t31-/m0/s1. The fourth-order valence-corrected chi connectivity index (χ4v) is 6.60. The molecule has 1 atom stereocenters. The van der Waals surface area contributed by atoms with Gasteiger partial charge in [-0.1, -0.05) is 37.8 Å². The minimum absolute atomic E-state index is 0.0302. The van der Waals surface area contributed by atoms with E-state index in [-0.39, 0.29) is 23.8 Å². The Balaban J connectivity index is 1.31. The summed E-state index contributed by atoms with van der Waals surface area (Å²) in [6.07, 6.45) is 8.80. The molecule has 5 rings (SSSR count). The molecule has 2 N–H and O–H groups in total. The van der Waals surface area contributed by atoms with Crippen molar-refractivity contribution < 1.29 is 23.9 Å². The van der Waals surface area contributed by atoms with Gasteiger partial charge in [0.05, 0.1) is 6.54 Å². The second-order valence-electron chi connectivity index (χ2n) is 13.4. The number of carbonyl (C=O) groups excluding carboxylic acids is 3. The Labute approximate surface area is 265 Å². The van der Waals surface area contributed by atoms with E-state index in [1.165, 1.54) is 0 Å². The van der Waals surface area contributed by atoms with Crippen LogP contribution in [0.4, 0.5) is 10.5 Å². The first-order chi connectivity index (χ1) is 21.4. The number of carbonyl (C=O) groups is 3. The Hall–Kier alpha value is -4.34. The van der Waals surface area contributed by atoms with Gasteiger partial charge in [-0.05, 0) is 88.8 Å². The number of benzene rings is 1. The van der Waals surface area contributed by atoms with Gasteiger partial charge in [-0.25, -0.2) is 4.79 Å². The molecule has 3 heterocycles. The summed E-state index contributed by atoms with van der Waals surface area (Å²) in [5.74, 6) is -0.496. The van der Waals surface area contributed by atoms with Crippen LogP contribution in [-0.2, 0) is 22.6 Å². The molecule has 0 bridgehead atoms. The molecule has 3 aromatic rings. The van der Waals surface area contributed by atoms with Crippen LogP contribution in [0.15, 0.2) is 48.8 Å². The second-order valence-corrected chi connectivity index (χ2v) is 13.4. The predicted octanol–water partition coefficient (Wildman–Crippen LogP) is 5.86. The highest BCUT2D eigenvalue weighted by molar-refractivity contribution is 6.01. The maximum absolute atomic E-state index is 13.8. The van der Waals surface area contributed by atoms with Gasteiger partial charge in [-0.15, -0.1) is 0 Å². The molecule has 1 aliphatic carbocycles. The molecule has 1 aliphatic heterocycles. The molecule has 2 aromatic heterocycles. The summed E-state index contributed by atoms with van der Waals surface area (Å²) >= 11 is 0. The number of nitrogens with one attached hydrogen (secondary N) is 2. The average Bonchev–Trinajstić information content (AvgIpc) is 3.21. The number of aromatic nitrogens is 2. The van der Waals surface area contributed by atoms with Crippen LogP contribution < -0.4 is 15.4 Å². The number of hydrogen-bond donors (Lipinski definition) is 2. The molecule has 1 aromatic carbocycles. The molecule has 1 fully saturated rings. The summed E-state index contributed by atoms with van der Waals surface area (Å²) in [7, 11) is 0. The van der Waals surface area contributed by atoms with Crippen molar-refractivity contribution in [1.29, 1.82) is 0 Å². The van der Waals surface area contributed by atoms with Gasteiger partial charge in [-0.2, -0.15) is 4.73 Å². The van der Waals surface area contributed by atoms with Crippen molar-refractivity contribution in [3.05, 3.63) is 76.5 Å². The van der Waals surface area contributed by atoms with Crippen LogP contribution in [0.2, 0.25) is 0 Å². The number of rotatable bonds is 6. The van der Waals surface area contributed by atoms with E-state index in [0.29, 0.717) is 31.0 Å². The van der Waals surface area contributed by atoms with E-state index < -0.39 is 11.6 Å². The number of aryl methyl sites for hydroxylation is 2. The zero-order chi connectivity index (χ0) is 32.3. The minimum Gasteiger partial charge on any atom is -0.619 e. The van der Waals surface area contributed by atoms with E-state index in [9.17, 15) is 19.6 Å². The highest BCUT2D eigenvalue weighted by Gasteiger charge is 2.33. The predicted molar refractivity (Wildman–Crippen MR) is 172 cm³/mol. The first-order valence-corrected chi connectivity index (χ1v) is 16.0. The van der Waals surface area contributed by atoms with Crippen LogP contribution in [-0.4, -0.2) is 45.6 Å². The topological polar surface area (TPSA) is 120 Å². The van der Waals surface area contributed by atoms with Gasteiger partial charge in [0.2, 0.25) is 5.91 Å². The van der Waals surface area contributed by atoms with Crippen molar-refractivity contribution >= 4 is 23.6 Å². The first-order valence-electron chi connectivity index (χ1n) is 16.0. The summed E-state index contributed by atoms with van der Waals surface area (Å²) in [6.45, 7) is 10.6. The molecule has 0 unspecified atom stereocenters. The smallest absolute Gasteiger partial charge is 0.410 e. The van der Waals surface area contributed by atoms with Crippen LogP contribution in [0.5, 0.6) is 0 Å². The molecule has 45 heavy (non-hydrogen) atoms. The highest BCUT2D eigenvalue weighted by Crippen LogP contribution is 2.29. The van der Waals surface area contributed by atoms with Gasteiger partial charge in [0.25, 0.3) is 5.91 Å². The highest BCUT2D eigenvalue weighted by atomic mass is 16.6. The zero-order valence-electron chi connectivity index (χ0n) is 27.0. The number of fused-ring (bicyclic) bond motifs is 1. The van der Waals surface area contributed by atoms with E-state index >= 15 is 0 Å². The monoisotopic (exact) mass is 615 g/mol. The van der Waals surface area contributed by atoms with E-state index in [1.807, 2.05) is 69.5 Å². The Morgan fingerprint density at radius 1 is 0.933 bits per heavy atom. The normalized spacial score (nSPS) is 16.3. The van der Waals surface area contributed by atoms with Crippen LogP contribution >= 0.6 is 0 Å². The number of amides is 3. The summed E-state index contributed by atoms with van der Waals surface area (Å²) in [4.78, 5) is 41.8. The van der Waals surface area contributed by atoms with Crippen molar-refractivity contribution in [3.8, 4) is 11.1 Å². The van der Waals surface area contributed by atoms with Crippen LogP contribution in [0, 0.1) is 25.0 Å². The number of nitrogens with zero attached hydrogens (tertiary/aromatic N) is 3.